The van der Waals surface area contributed by atoms with Gasteiger partial charge in [-0.1, -0.05) is 12.1 Å². The van der Waals surface area contributed by atoms with Crippen LogP contribution in [0, 0.1) is 0 Å². The molecule has 12 heteroatoms. The standard InChI is InChI=1S/C20H15ClN6O4S/c1-10-17(25-24-11-6-7-14(28)15(29)8-11)19(31)27(20(32)22-10)26-16(9-21)23-13-5-3-2-4-12(13)18(26)30/h2-8,17,28-29H,9H2,1H3. The van der Waals surface area contributed by atoms with E-state index in [0.29, 0.717) is 5.52 Å². The fourth-order valence-corrected chi connectivity index (χ4v) is 3.61. The zero-order chi connectivity index (χ0) is 23.0. The number of phenolic OH excluding ortho intramolecular Hbond substituents is 2. The van der Waals surface area contributed by atoms with Crippen molar-refractivity contribution >= 4 is 57.1 Å². The molecule has 4 rings (SSSR count). The van der Waals surface area contributed by atoms with E-state index in [9.17, 15) is 19.8 Å². The van der Waals surface area contributed by atoms with Crippen LogP contribution >= 0.6 is 23.8 Å². The maximum atomic E-state index is 13.3. The molecule has 2 heterocycles. The van der Waals surface area contributed by atoms with E-state index in [2.05, 4.69) is 20.2 Å². The van der Waals surface area contributed by atoms with Gasteiger partial charge >= 0.3 is 0 Å². The maximum Gasteiger partial charge on any atom is 0.280 e. The van der Waals surface area contributed by atoms with Crippen molar-refractivity contribution in [3.63, 3.8) is 0 Å². The van der Waals surface area contributed by atoms with E-state index in [1.165, 1.54) is 18.2 Å². The Morgan fingerprint density at radius 3 is 2.62 bits per heavy atom. The topological polar surface area (TPSA) is 133 Å². The number of phenols is 2. The van der Waals surface area contributed by atoms with E-state index < -0.39 is 17.5 Å². The molecule has 3 aromatic rings. The molecular weight excluding hydrogens is 456 g/mol. The van der Waals surface area contributed by atoms with Crippen LogP contribution in [0.25, 0.3) is 10.9 Å². The van der Waals surface area contributed by atoms with Gasteiger partial charge in [-0.25, -0.2) is 9.98 Å². The Balaban J connectivity index is 1.79. The monoisotopic (exact) mass is 470 g/mol. The maximum absolute atomic E-state index is 13.3. The molecule has 1 aromatic heterocycles. The number of hydrogen-bond donors (Lipinski definition) is 2. The van der Waals surface area contributed by atoms with Crippen LogP contribution in [0.4, 0.5) is 5.69 Å². The summed E-state index contributed by atoms with van der Waals surface area (Å²) in [5, 5.41) is 28.1. The molecule has 0 saturated carbocycles. The Labute approximate surface area is 191 Å². The number of amides is 1. The SMILES string of the molecule is CC1=NC(=S)N(n2c(CCl)nc3ccccc3c2=O)C(=O)C1N=Nc1ccc(O)c(O)c1. The number of fused-ring (bicyclic) bond motifs is 1. The Bertz CT molecular complexity index is 1390. The van der Waals surface area contributed by atoms with Gasteiger partial charge in [-0.3, -0.25) is 9.59 Å². The number of aromatic nitrogens is 2. The average Bonchev–Trinajstić information content (AvgIpc) is 2.77. The first-order valence-corrected chi connectivity index (χ1v) is 10.2. The lowest BCUT2D eigenvalue weighted by Gasteiger charge is -2.30. The number of nitrogens with zero attached hydrogens (tertiary/aromatic N) is 6. The van der Waals surface area contributed by atoms with E-state index in [4.69, 9.17) is 23.8 Å². The van der Waals surface area contributed by atoms with Crippen molar-refractivity contribution < 1.29 is 15.0 Å². The number of benzene rings is 2. The van der Waals surface area contributed by atoms with Crippen molar-refractivity contribution in [2.45, 2.75) is 18.8 Å². The van der Waals surface area contributed by atoms with Crippen LogP contribution < -0.4 is 10.6 Å². The Morgan fingerprint density at radius 2 is 1.91 bits per heavy atom. The smallest absolute Gasteiger partial charge is 0.280 e. The van der Waals surface area contributed by atoms with Crippen LogP contribution in [0.1, 0.15) is 12.7 Å². The van der Waals surface area contributed by atoms with Crippen LogP contribution in [-0.2, 0) is 10.7 Å². The van der Waals surface area contributed by atoms with Crippen LogP contribution in [0.15, 0.2) is 62.5 Å². The quantitative estimate of drug-likeness (QED) is 0.261. The molecular formula is C20H15ClN6O4S. The van der Waals surface area contributed by atoms with Gasteiger partial charge in [-0.2, -0.15) is 19.9 Å². The van der Waals surface area contributed by atoms with Crippen molar-refractivity contribution in [1.82, 2.24) is 9.66 Å². The highest BCUT2D eigenvalue weighted by molar-refractivity contribution is 7.80. The summed E-state index contributed by atoms with van der Waals surface area (Å²) in [5.41, 5.74) is 0.377. The number of alkyl halides is 1. The minimum atomic E-state index is -1.18. The number of para-hydroxylation sites is 1. The highest BCUT2D eigenvalue weighted by Crippen LogP contribution is 2.29. The van der Waals surface area contributed by atoms with Crippen molar-refractivity contribution in [2.24, 2.45) is 15.2 Å². The molecule has 10 nitrogen and oxygen atoms in total. The highest BCUT2D eigenvalue weighted by Gasteiger charge is 2.37. The third kappa shape index (κ3) is 3.72. The molecule has 0 fully saturated rings. The van der Waals surface area contributed by atoms with Crippen LogP contribution in [0.5, 0.6) is 11.5 Å². The summed E-state index contributed by atoms with van der Waals surface area (Å²) in [6, 6.07) is 9.31. The zero-order valence-corrected chi connectivity index (χ0v) is 18.1. The molecule has 1 atom stereocenters. The molecule has 0 aliphatic carbocycles. The number of hydrogen-bond acceptors (Lipinski definition) is 8. The number of aromatic hydroxyl groups is 2. The van der Waals surface area contributed by atoms with Gasteiger partial charge in [0.15, 0.2) is 17.5 Å². The van der Waals surface area contributed by atoms with Crippen molar-refractivity contribution in [1.29, 1.82) is 0 Å². The molecule has 32 heavy (non-hydrogen) atoms. The largest absolute Gasteiger partial charge is 0.504 e. The molecule has 0 saturated heterocycles. The fraction of sp³-hybridized carbons (Fsp3) is 0.150. The van der Waals surface area contributed by atoms with Crippen LogP contribution in [-0.4, -0.2) is 42.6 Å². The van der Waals surface area contributed by atoms with Gasteiger partial charge in [0, 0.05) is 6.07 Å². The summed E-state index contributed by atoms with van der Waals surface area (Å²) in [6.07, 6.45) is 0. The molecule has 0 bridgehead atoms. The van der Waals surface area contributed by atoms with Gasteiger partial charge in [-0.15, -0.1) is 11.6 Å². The fourth-order valence-electron chi connectivity index (χ4n) is 3.13. The third-order valence-corrected chi connectivity index (χ3v) is 5.18. The van der Waals surface area contributed by atoms with E-state index >= 15 is 0 Å². The minimum Gasteiger partial charge on any atom is -0.504 e. The molecule has 1 unspecified atom stereocenters. The van der Waals surface area contributed by atoms with Crippen LogP contribution in [0.2, 0.25) is 0 Å². The Morgan fingerprint density at radius 1 is 1.16 bits per heavy atom. The second-order valence-electron chi connectivity index (χ2n) is 6.77. The number of aliphatic imine (C=N–C) groups is 1. The highest BCUT2D eigenvalue weighted by atomic mass is 35.5. The first-order chi connectivity index (χ1) is 15.3. The Hall–Kier alpha value is -3.70. The van der Waals surface area contributed by atoms with Crippen molar-refractivity contribution in [2.75, 3.05) is 5.01 Å². The Kier molecular flexibility index (Phi) is 5.68. The number of halogens is 1. The van der Waals surface area contributed by atoms with Crippen LogP contribution in [0.3, 0.4) is 0 Å². The van der Waals surface area contributed by atoms with E-state index in [0.717, 1.165) is 9.69 Å². The molecule has 162 valence electrons. The number of carbonyl (C=O) groups is 1. The van der Waals surface area contributed by atoms with Gasteiger partial charge in [0.05, 0.1) is 28.2 Å². The second-order valence-corrected chi connectivity index (χ2v) is 7.41. The predicted octanol–water partition coefficient (Wildman–Crippen LogP) is 2.92. The molecule has 2 N–H and O–H groups in total. The normalized spacial score (nSPS) is 16.8. The lowest BCUT2D eigenvalue weighted by molar-refractivity contribution is -0.119. The molecule has 2 aromatic carbocycles. The summed E-state index contributed by atoms with van der Waals surface area (Å²) in [7, 11) is 0. The predicted molar refractivity (Wildman–Crippen MR) is 123 cm³/mol. The van der Waals surface area contributed by atoms with Gasteiger partial charge < -0.3 is 10.2 Å². The summed E-state index contributed by atoms with van der Waals surface area (Å²) in [6.45, 7) is 1.56. The summed E-state index contributed by atoms with van der Waals surface area (Å²) in [5.74, 6) is -1.41. The molecule has 1 aliphatic rings. The lowest BCUT2D eigenvalue weighted by atomic mass is 10.1. The van der Waals surface area contributed by atoms with E-state index in [-0.39, 0.29) is 45.1 Å². The number of rotatable bonds is 4. The first-order valence-electron chi connectivity index (χ1n) is 9.24. The van der Waals surface area contributed by atoms with Gasteiger partial charge in [-0.05, 0) is 43.4 Å². The molecule has 1 aliphatic heterocycles. The van der Waals surface area contributed by atoms with Gasteiger partial charge in [0.2, 0.25) is 5.11 Å². The van der Waals surface area contributed by atoms with Gasteiger partial charge in [0.1, 0.15) is 5.82 Å². The third-order valence-electron chi connectivity index (χ3n) is 4.68. The van der Waals surface area contributed by atoms with E-state index in [1.54, 1.807) is 31.2 Å². The van der Waals surface area contributed by atoms with Crippen molar-refractivity contribution in [3.05, 3.63) is 58.6 Å². The summed E-state index contributed by atoms with van der Waals surface area (Å²) >= 11 is 11.3. The zero-order valence-electron chi connectivity index (χ0n) is 16.5. The summed E-state index contributed by atoms with van der Waals surface area (Å²) < 4.78 is 1.00. The molecule has 0 radical (unpaired) electrons. The molecule has 0 spiro atoms. The second kappa shape index (κ2) is 8.44. The average molecular weight is 471 g/mol. The van der Waals surface area contributed by atoms with Gasteiger partial charge in [0.25, 0.3) is 11.5 Å². The minimum absolute atomic E-state index is 0.111. The number of carbonyl (C=O) groups excluding carboxylic acids is 1. The lowest BCUT2D eigenvalue weighted by Crippen LogP contribution is -2.57. The molecule has 1 amide bonds. The van der Waals surface area contributed by atoms with Crippen molar-refractivity contribution in [3.8, 4) is 11.5 Å². The number of azo groups is 1. The van der Waals surface area contributed by atoms with E-state index in [1.807, 2.05) is 0 Å². The summed E-state index contributed by atoms with van der Waals surface area (Å²) in [4.78, 5) is 35.1. The first kappa shape index (κ1) is 21.5. The number of thiocarbonyl (C=S) groups is 1.